The molecule has 3 rings (SSSR count). The van der Waals surface area contributed by atoms with E-state index in [4.69, 9.17) is 4.74 Å². The van der Waals surface area contributed by atoms with Crippen molar-refractivity contribution >= 4 is 5.91 Å². The van der Waals surface area contributed by atoms with Crippen LogP contribution in [0.5, 0.6) is 5.75 Å². The predicted molar refractivity (Wildman–Crippen MR) is 101 cm³/mol. The van der Waals surface area contributed by atoms with Gasteiger partial charge in [-0.1, -0.05) is 31.4 Å². The SMILES string of the molecule is COc1ccc(CNC(=O)C2CCN(CC3CCCCC3)CC2)cc1. The molecule has 1 aliphatic heterocycles. The molecule has 0 unspecified atom stereocenters. The molecule has 4 nitrogen and oxygen atoms in total. The zero-order valence-electron chi connectivity index (χ0n) is 15.5. The Morgan fingerprint density at radius 3 is 2.40 bits per heavy atom. The van der Waals surface area contributed by atoms with E-state index >= 15 is 0 Å². The van der Waals surface area contributed by atoms with Crippen LogP contribution in [0.3, 0.4) is 0 Å². The molecule has 0 atom stereocenters. The molecule has 25 heavy (non-hydrogen) atoms. The molecule has 1 amide bonds. The molecular weight excluding hydrogens is 312 g/mol. The predicted octanol–water partition coefficient (Wildman–Crippen LogP) is 3.60. The van der Waals surface area contributed by atoms with Gasteiger partial charge in [0.1, 0.15) is 5.75 Å². The third-order valence-corrected chi connectivity index (χ3v) is 5.83. The van der Waals surface area contributed by atoms with E-state index in [-0.39, 0.29) is 11.8 Å². The standard InChI is InChI=1S/C21H32N2O2/c1-25-20-9-7-17(8-10-20)15-22-21(24)19-11-13-23(14-12-19)16-18-5-3-2-4-6-18/h7-10,18-19H,2-6,11-16H2,1H3,(H,22,24). The fraction of sp³-hybridized carbons (Fsp3) is 0.667. The highest BCUT2D eigenvalue weighted by Gasteiger charge is 2.26. The minimum Gasteiger partial charge on any atom is -0.497 e. The maximum Gasteiger partial charge on any atom is 0.223 e. The smallest absolute Gasteiger partial charge is 0.223 e. The van der Waals surface area contributed by atoms with Gasteiger partial charge in [-0.05, 0) is 62.4 Å². The molecule has 0 aromatic heterocycles. The van der Waals surface area contributed by atoms with Crippen molar-refractivity contribution in [2.75, 3.05) is 26.7 Å². The third kappa shape index (κ3) is 5.46. The number of carbonyl (C=O) groups is 1. The van der Waals surface area contributed by atoms with Crippen molar-refractivity contribution in [3.63, 3.8) is 0 Å². The number of carbonyl (C=O) groups excluding carboxylic acids is 1. The monoisotopic (exact) mass is 344 g/mol. The summed E-state index contributed by atoms with van der Waals surface area (Å²) >= 11 is 0. The maximum atomic E-state index is 12.4. The Balaban J connectivity index is 1.37. The fourth-order valence-corrected chi connectivity index (χ4v) is 4.19. The highest BCUT2D eigenvalue weighted by Crippen LogP contribution is 2.26. The van der Waals surface area contributed by atoms with Crippen LogP contribution in [0.2, 0.25) is 0 Å². The van der Waals surface area contributed by atoms with E-state index in [1.807, 2.05) is 24.3 Å². The van der Waals surface area contributed by atoms with Gasteiger partial charge in [-0.15, -0.1) is 0 Å². The van der Waals surface area contributed by atoms with Crippen molar-refractivity contribution < 1.29 is 9.53 Å². The Hall–Kier alpha value is -1.55. The molecule has 1 aromatic rings. The van der Waals surface area contributed by atoms with E-state index in [1.165, 1.54) is 38.6 Å². The first kappa shape index (κ1) is 18.2. The van der Waals surface area contributed by atoms with Gasteiger partial charge in [-0.25, -0.2) is 0 Å². The summed E-state index contributed by atoms with van der Waals surface area (Å²) in [6.07, 6.45) is 9.06. The van der Waals surface area contributed by atoms with Crippen LogP contribution >= 0.6 is 0 Å². The van der Waals surface area contributed by atoms with E-state index in [9.17, 15) is 4.79 Å². The lowest BCUT2D eigenvalue weighted by atomic mass is 9.88. The lowest BCUT2D eigenvalue weighted by molar-refractivity contribution is -0.126. The van der Waals surface area contributed by atoms with E-state index in [0.29, 0.717) is 6.54 Å². The molecule has 1 saturated carbocycles. The molecule has 4 heteroatoms. The van der Waals surface area contributed by atoms with Crippen molar-refractivity contribution in [1.29, 1.82) is 0 Å². The minimum atomic E-state index is 0.181. The summed E-state index contributed by atoms with van der Waals surface area (Å²) in [5.41, 5.74) is 1.11. The van der Waals surface area contributed by atoms with E-state index in [1.54, 1.807) is 7.11 Å². The first-order valence-corrected chi connectivity index (χ1v) is 9.87. The Morgan fingerprint density at radius 2 is 1.76 bits per heavy atom. The lowest BCUT2D eigenvalue weighted by Gasteiger charge is -2.34. The normalized spacial score (nSPS) is 20.4. The number of amides is 1. The van der Waals surface area contributed by atoms with Crippen LogP contribution in [-0.4, -0.2) is 37.6 Å². The number of nitrogens with zero attached hydrogens (tertiary/aromatic N) is 1. The van der Waals surface area contributed by atoms with Gasteiger partial charge in [-0.2, -0.15) is 0 Å². The van der Waals surface area contributed by atoms with Crippen molar-refractivity contribution in [1.82, 2.24) is 10.2 Å². The molecule has 138 valence electrons. The summed E-state index contributed by atoms with van der Waals surface area (Å²) in [7, 11) is 1.66. The highest BCUT2D eigenvalue weighted by atomic mass is 16.5. The number of piperidine rings is 1. The second-order valence-electron chi connectivity index (χ2n) is 7.64. The molecule has 0 radical (unpaired) electrons. The summed E-state index contributed by atoms with van der Waals surface area (Å²) in [4.78, 5) is 15.0. The Kier molecular flexibility index (Phi) is 6.74. The molecule has 1 heterocycles. The number of methoxy groups -OCH3 is 1. The van der Waals surface area contributed by atoms with Crippen LogP contribution in [-0.2, 0) is 11.3 Å². The van der Waals surface area contributed by atoms with Gasteiger partial charge in [-0.3, -0.25) is 4.79 Å². The number of likely N-dealkylation sites (tertiary alicyclic amines) is 1. The van der Waals surface area contributed by atoms with Crippen LogP contribution in [0, 0.1) is 11.8 Å². The van der Waals surface area contributed by atoms with E-state index in [2.05, 4.69) is 10.2 Å². The van der Waals surface area contributed by atoms with Crippen LogP contribution < -0.4 is 10.1 Å². The number of hydrogen-bond acceptors (Lipinski definition) is 3. The van der Waals surface area contributed by atoms with Gasteiger partial charge in [0.05, 0.1) is 7.11 Å². The average Bonchev–Trinajstić information content (AvgIpc) is 2.68. The molecule has 0 bridgehead atoms. The third-order valence-electron chi connectivity index (χ3n) is 5.83. The molecular formula is C21H32N2O2. The van der Waals surface area contributed by atoms with Crippen LogP contribution in [0.4, 0.5) is 0 Å². The second-order valence-corrected chi connectivity index (χ2v) is 7.64. The molecule has 1 N–H and O–H groups in total. The average molecular weight is 344 g/mol. The number of hydrogen-bond donors (Lipinski definition) is 1. The molecule has 0 spiro atoms. The van der Waals surface area contributed by atoms with Crippen molar-refractivity contribution in [2.45, 2.75) is 51.5 Å². The quantitative estimate of drug-likeness (QED) is 0.857. The molecule has 1 saturated heterocycles. The summed E-state index contributed by atoms with van der Waals surface area (Å²) in [6, 6.07) is 7.88. The van der Waals surface area contributed by atoms with Crippen molar-refractivity contribution in [3.05, 3.63) is 29.8 Å². The highest BCUT2D eigenvalue weighted by molar-refractivity contribution is 5.78. The lowest BCUT2D eigenvalue weighted by Crippen LogP contribution is -2.42. The van der Waals surface area contributed by atoms with Crippen molar-refractivity contribution in [3.8, 4) is 5.75 Å². The minimum absolute atomic E-state index is 0.181. The zero-order valence-corrected chi connectivity index (χ0v) is 15.5. The fourth-order valence-electron chi connectivity index (χ4n) is 4.19. The van der Waals surface area contributed by atoms with Crippen LogP contribution in [0.15, 0.2) is 24.3 Å². The first-order chi connectivity index (χ1) is 12.2. The van der Waals surface area contributed by atoms with Gasteiger partial charge in [0.2, 0.25) is 5.91 Å². The molecule has 2 fully saturated rings. The first-order valence-electron chi connectivity index (χ1n) is 9.87. The molecule has 1 aliphatic carbocycles. The summed E-state index contributed by atoms with van der Waals surface area (Å²) in [6.45, 7) is 4.01. The largest absolute Gasteiger partial charge is 0.497 e. The summed E-state index contributed by atoms with van der Waals surface area (Å²) in [5.74, 6) is 2.14. The topological polar surface area (TPSA) is 41.6 Å². The molecule has 2 aliphatic rings. The van der Waals surface area contributed by atoms with Gasteiger partial charge in [0, 0.05) is 19.0 Å². The Bertz CT molecular complexity index is 529. The Labute approximate surface area is 151 Å². The maximum absolute atomic E-state index is 12.4. The van der Waals surface area contributed by atoms with Crippen LogP contribution in [0.1, 0.15) is 50.5 Å². The van der Waals surface area contributed by atoms with E-state index < -0.39 is 0 Å². The van der Waals surface area contributed by atoms with Gasteiger partial charge >= 0.3 is 0 Å². The van der Waals surface area contributed by atoms with Gasteiger partial charge < -0.3 is 15.0 Å². The summed E-state index contributed by atoms with van der Waals surface area (Å²) < 4.78 is 5.16. The number of nitrogens with one attached hydrogen (secondary N) is 1. The number of ether oxygens (including phenoxy) is 1. The number of benzene rings is 1. The van der Waals surface area contributed by atoms with Crippen molar-refractivity contribution in [2.24, 2.45) is 11.8 Å². The van der Waals surface area contributed by atoms with Gasteiger partial charge in [0.25, 0.3) is 0 Å². The summed E-state index contributed by atoms with van der Waals surface area (Å²) in [5, 5.41) is 3.10. The number of rotatable bonds is 6. The molecule has 1 aromatic carbocycles. The van der Waals surface area contributed by atoms with E-state index in [0.717, 1.165) is 43.2 Å². The van der Waals surface area contributed by atoms with Gasteiger partial charge in [0.15, 0.2) is 0 Å². The zero-order chi connectivity index (χ0) is 17.5. The second kappa shape index (κ2) is 9.23. The van der Waals surface area contributed by atoms with Crippen LogP contribution in [0.25, 0.3) is 0 Å². The Morgan fingerprint density at radius 1 is 1.08 bits per heavy atom.